The normalized spacial score (nSPS) is 32.5. The standard InChI is InChI=1S/C15H27NO3/c1-3-15(4-8-17-9-5-15)13-16(6-1)7-2-14-12-18-10-11-19-14/h14H,1-13H2. The molecule has 19 heavy (non-hydrogen) atoms. The van der Waals surface area contributed by atoms with Gasteiger partial charge in [0.1, 0.15) is 0 Å². The summed E-state index contributed by atoms with van der Waals surface area (Å²) >= 11 is 0. The Labute approximate surface area is 116 Å². The van der Waals surface area contributed by atoms with Crippen LogP contribution in [0.2, 0.25) is 0 Å². The summed E-state index contributed by atoms with van der Waals surface area (Å²) in [5.74, 6) is 0. The van der Waals surface area contributed by atoms with Gasteiger partial charge in [0.05, 0.1) is 25.9 Å². The Morgan fingerprint density at radius 2 is 1.89 bits per heavy atom. The van der Waals surface area contributed by atoms with Crippen LogP contribution in [0.1, 0.15) is 32.1 Å². The molecular weight excluding hydrogens is 242 g/mol. The highest BCUT2D eigenvalue weighted by Gasteiger charge is 2.36. The number of likely N-dealkylation sites (tertiary alicyclic amines) is 1. The Balaban J connectivity index is 1.45. The van der Waals surface area contributed by atoms with E-state index in [0.717, 1.165) is 46.0 Å². The van der Waals surface area contributed by atoms with Gasteiger partial charge < -0.3 is 19.1 Å². The van der Waals surface area contributed by atoms with Gasteiger partial charge in [0.25, 0.3) is 0 Å². The lowest BCUT2D eigenvalue weighted by atomic mass is 9.74. The van der Waals surface area contributed by atoms with E-state index in [4.69, 9.17) is 14.2 Å². The lowest BCUT2D eigenvalue weighted by Crippen LogP contribution is -2.47. The highest BCUT2D eigenvalue weighted by atomic mass is 16.6. The van der Waals surface area contributed by atoms with Crippen LogP contribution in [-0.2, 0) is 14.2 Å². The molecular formula is C15H27NO3. The number of ether oxygens (including phenoxy) is 3. The molecule has 3 aliphatic heterocycles. The zero-order valence-electron chi connectivity index (χ0n) is 11.9. The van der Waals surface area contributed by atoms with E-state index < -0.39 is 0 Å². The predicted octanol–water partition coefficient (Wildman–Crippen LogP) is 1.68. The number of hydrogen-bond donors (Lipinski definition) is 0. The Hall–Kier alpha value is -0.160. The van der Waals surface area contributed by atoms with Gasteiger partial charge in [0.15, 0.2) is 0 Å². The summed E-state index contributed by atoms with van der Waals surface area (Å²) in [6.45, 7) is 7.94. The lowest BCUT2D eigenvalue weighted by Gasteiger charge is -2.45. The maximum absolute atomic E-state index is 5.73. The Morgan fingerprint density at radius 1 is 1.00 bits per heavy atom. The van der Waals surface area contributed by atoms with Gasteiger partial charge in [-0.15, -0.1) is 0 Å². The van der Waals surface area contributed by atoms with E-state index in [9.17, 15) is 0 Å². The third kappa shape index (κ3) is 3.69. The smallest absolute Gasteiger partial charge is 0.0821 e. The van der Waals surface area contributed by atoms with Crippen molar-refractivity contribution < 1.29 is 14.2 Å². The Morgan fingerprint density at radius 3 is 2.68 bits per heavy atom. The molecule has 0 radical (unpaired) electrons. The SMILES string of the molecule is C1CN(CCC2COCCO2)CC2(C1)CCOCC2. The van der Waals surface area contributed by atoms with E-state index in [0.29, 0.717) is 11.5 Å². The highest BCUT2D eigenvalue weighted by molar-refractivity contribution is 4.89. The Bertz CT molecular complexity index is 267. The van der Waals surface area contributed by atoms with Crippen molar-refractivity contribution in [3.05, 3.63) is 0 Å². The van der Waals surface area contributed by atoms with E-state index in [1.807, 2.05) is 0 Å². The van der Waals surface area contributed by atoms with E-state index in [1.165, 1.54) is 38.8 Å². The topological polar surface area (TPSA) is 30.9 Å². The highest BCUT2D eigenvalue weighted by Crippen LogP contribution is 2.39. The minimum Gasteiger partial charge on any atom is -0.381 e. The maximum Gasteiger partial charge on any atom is 0.0821 e. The number of hydrogen-bond acceptors (Lipinski definition) is 4. The number of nitrogens with zero attached hydrogens (tertiary/aromatic N) is 1. The second-order valence-electron chi connectivity index (χ2n) is 6.35. The molecule has 1 unspecified atom stereocenters. The van der Waals surface area contributed by atoms with Crippen LogP contribution in [-0.4, -0.2) is 63.7 Å². The van der Waals surface area contributed by atoms with Crippen LogP contribution in [0.4, 0.5) is 0 Å². The third-order valence-electron chi connectivity index (χ3n) is 4.95. The second-order valence-corrected chi connectivity index (χ2v) is 6.35. The first kappa shape index (κ1) is 13.8. The fraction of sp³-hybridized carbons (Fsp3) is 1.00. The summed E-state index contributed by atoms with van der Waals surface area (Å²) in [6, 6.07) is 0. The molecule has 3 aliphatic rings. The van der Waals surface area contributed by atoms with Gasteiger partial charge in [0.2, 0.25) is 0 Å². The van der Waals surface area contributed by atoms with Gasteiger partial charge in [0, 0.05) is 26.3 Å². The monoisotopic (exact) mass is 269 g/mol. The number of rotatable bonds is 3. The van der Waals surface area contributed by atoms with Gasteiger partial charge in [-0.25, -0.2) is 0 Å². The van der Waals surface area contributed by atoms with Gasteiger partial charge in [-0.3, -0.25) is 0 Å². The molecule has 3 rings (SSSR count). The fourth-order valence-corrected chi connectivity index (χ4v) is 3.74. The van der Waals surface area contributed by atoms with Crippen LogP contribution in [0, 0.1) is 5.41 Å². The van der Waals surface area contributed by atoms with Crippen LogP contribution >= 0.6 is 0 Å². The summed E-state index contributed by atoms with van der Waals surface area (Å²) in [7, 11) is 0. The fourth-order valence-electron chi connectivity index (χ4n) is 3.74. The molecule has 4 heteroatoms. The molecule has 3 heterocycles. The molecule has 3 fully saturated rings. The van der Waals surface area contributed by atoms with Crippen molar-refractivity contribution in [2.24, 2.45) is 5.41 Å². The zero-order valence-corrected chi connectivity index (χ0v) is 11.9. The minimum absolute atomic E-state index is 0.321. The van der Waals surface area contributed by atoms with Crippen molar-refractivity contribution in [2.45, 2.75) is 38.2 Å². The van der Waals surface area contributed by atoms with Crippen molar-refractivity contribution in [3.8, 4) is 0 Å². The van der Waals surface area contributed by atoms with Crippen molar-refractivity contribution in [1.82, 2.24) is 4.90 Å². The summed E-state index contributed by atoms with van der Waals surface area (Å²) < 4.78 is 16.7. The summed E-state index contributed by atoms with van der Waals surface area (Å²) in [6.07, 6.45) is 6.70. The second kappa shape index (κ2) is 6.53. The summed E-state index contributed by atoms with van der Waals surface area (Å²) in [5.41, 5.74) is 0.556. The molecule has 0 aromatic rings. The van der Waals surface area contributed by atoms with E-state index in [2.05, 4.69) is 4.90 Å². The first-order valence-electron chi connectivity index (χ1n) is 7.86. The van der Waals surface area contributed by atoms with Crippen molar-refractivity contribution in [2.75, 3.05) is 52.7 Å². The first-order valence-corrected chi connectivity index (χ1v) is 7.86. The lowest BCUT2D eigenvalue weighted by molar-refractivity contribution is -0.0954. The van der Waals surface area contributed by atoms with Gasteiger partial charge in [-0.2, -0.15) is 0 Å². The predicted molar refractivity (Wildman–Crippen MR) is 73.3 cm³/mol. The van der Waals surface area contributed by atoms with Crippen LogP contribution in [0.5, 0.6) is 0 Å². The molecule has 0 aliphatic carbocycles. The van der Waals surface area contributed by atoms with Gasteiger partial charge in [-0.05, 0) is 44.1 Å². The minimum atomic E-state index is 0.321. The number of piperidine rings is 1. The molecule has 0 bridgehead atoms. The molecule has 1 atom stereocenters. The largest absolute Gasteiger partial charge is 0.381 e. The van der Waals surface area contributed by atoms with Crippen molar-refractivity contribution in [1.29, 1.82) is 0 Å². The molecule has 0 N–H and O–H groups in total. The van der Waals surface area contributed by atoms with Crippen LogP contribution in [0.3, 0.4) is 0 Å². The average molecular weight is 269 g/mol. The first-order chi connectivity index (χ1) is 9.36. The average Bonchev–Trinajstić information content (AvgIpc) is 2.47. The van der Waals surface area contributed by atoms with Crippen LogP contribution < -0.4 is 0 Å². The van der Waals surface area contributed by atoms with Gasteiger partial charge in [-0.1, -0.05) is 0 Å². The molecule has 0 aromatic carbocycles. The van der Waals surface area contributed by atoms with E-state index >= 15 is 0 Å². The van der Waals surface area contributed by atoms with E-state index in [1.54, 1.807) is 0 Å². The molecule has 110 valence electrons. The Kier molecular flexibility index (Phi) is 4.74. The zero-order chi connectivity index (χ0) is 13.0. The van der Waals surface area contributed by atoms with Crippen molar-refractivity contribution >= 4 is 0 Å². The van der Waals surface area contributed by atoms with Crippen molar-refractivity contribution in [3.63, 3.8) is 0 Å². The molecule has 0 saturated carbocycles. The molecule has 0 aromatic heterocycles. The van der Waals surface area contributed by atoms with Crippen LogP contribution in [0.15, 0.2) is 0 Å². The third-order valence-corrected chi connectivity index (χ3v) is 4.95. The van der Waals surface area contributed by atoms with Gasteiger partial charge >= 0.3 is 0 Å². The molecule has 3 saturated heterocycles. The van der Waals surface area contributed by atoms with E-state index in [-0.39, 0.29) is 0 Å². The molecule has 0 amide bonds. The quantitative estimate of drug-likeness (QED) is 0.780. The maximum atomic E-state index is 5.73. The summed E-state index contributed by atoms with van der Waals surface area (Å²) in [5, 5.41) is 0. The summed E-state index contributed by atoms with van der Waals surface area (Å²) in [4.78, 5) is 2.65. The van der Waals surface area contributed by atoms with Crippen LogP contribution in [0.25, 0.3) is 0 Å². The molecule has 4 nitrogen and oxygen atoms in total. The molecule has 1 spiro atoms.